The van der Waals surface area contributed by atoms with Gasteiger partial charge in [0.1, 0.15) is 29.5 Å². The van der Waals surface area contributed by atoms with Crippen LogP contribution in [0.15, 0.2) is 159 Å². The summed E-state index contributed by atoms with van der Waals surface area (Å²) < 4.78 is 4.55. The van der Waals surface area contributed by atoms with Gasteiger partial charge in [0.15, 0.2) is 0 Å². The summed E-state index contributed by atoms with van der Waals surface area (Å²) in [6.07, 6.45) is 5.43. The molecule has 0 saturated heterocycles. The molecule has 0 amide bonds. The molecular formula is C90H104N6O2. The van der Waals surface area contributed by atoms with Crippen molar-refractivity contribution in [1.82, 2.24) is 29.1 Å². The summed E-state index contributed by atoms with van der Waals surface area (Å²) in [6.45, 7) is 62.2. The molecule has 0 radical (unpaired) electrons. The van der Waals surface area contributed by atoms with Gasteiger partial charge in [-0.2, -0.15) is 0 Å². The van der Waals surface area contributed by atoms with Crippen molar-refractivity contribution < 1.29 is 10.2 Å². The minimum atomic E-state index is -0.364. The van der Waals surface area contributed by atoms with Gasteiger partial charge in [0.05, 0.1) is 44.6 Å². The van der Waals surface area contributed by atoms with E-state index < -0.39 is 0 Å². The normalized spacial score (nSPS) is 13.1. The smallest absolute Gasteiger partial charge is 0.149 e. The van der Waals surface area contributed by atoms with Gasteiger partial charge in [-0.3, -0.25) is 9.13 Å². The first-order valence-corrected chi connectivity index (χ1v) is 34.8. The van der Waals surface area contributed by atoms with Crippen LogP contribution in [0.4, 0.5) is 0 Å². The van der Waals surface area contributed by atoms with Crippen molar-refractivity contribution in [2.24, 2.45) is 0 Å². The maximum atomic E-state index is 12.7. The number of aromatic hydroxyl groups is 2. The zero-order valence-electron chi connectivity index (χ0n) is 63.0. The Bertz CT molecular complexity index is 4610. The van der Waals surface area contributed by atoms with E-state index >= 15 is 0 Å². The van der Waals surface area contributed by atoms with Crippen LogP contribution in [-0.2, 0) is 43.3 Å². The standard InChI is InChI=1S/C90H104N6O2/c1-27-53-35-55(67-31-29-33-75-77(67)93-81(69-47-63(87(15,16)17)49-71(79(69)97)89(21,22)23)95(75)65-43-59(83(3,4)5)41-60(44-65)84(6,7)8)39-57(37-53)73-51-74(92-52-91-73)58-38-54(28-2)36-56(40-58)68-32-30-34-76-78(68)94-82(70-48-64(88(18,19)20)50-72(80(70)98)90(24,25)26)96(76)66-45-61(85(9,10)11)42-62(46-66)86(12,13)14/h27-52,97-98H,1-2H2,3-26H3. The first-order valence-electron chi connectivity index (χ1n) is 34.8. The molecule has 11 rings (SSSR count). The molecule has 0 unspecified atom stereocenters. The van der Waals surface area contributed by atoms with Crippen LogP contribution in [0.3, 0.4) is 0 Å². The van der Waals surface area contributed by atoms with Crippen LogP contribution in [0, 0.1) is 0 Å². The Morgan fingerprint density at radius 1 is 0.327 bits per heavy atom. The van der Waals surface area contributed by atoms with E-state index in [-0.39, 0.29) is 54.8 Å². The van der Waals surface area contributed by atoms with Gasteiger partial charge < -0.3 is 10.2 Å². The Balaban J connectivity index is 1.10. The van der Waals surface area contributed by atoms with Gasteiger partial charge in [-0.05, 0) is 190 Å². The summed E-state index contributed by atoms with van der Waals surface area (Å²) in [6, 6.07) is 50.5. The van der Waals surface area contributed by atoms with Crippen molar-refractivity contribution in [2.45, 2.75) is 209 Å². The van der Waals surface area contributed by atoms with Crippen molar-refractivity contribution in [2.75, 3.05) is 0 Å². The molecule has 0 fully saturated rings. The number of nitrogens with zero attached hydrogens (tertiary/aromatic N) is 6. The number of hydrogen-bond acceptors (Lipinski definition) is 6. The third kappa shape index (κ3) is 13.6. The third-order valence-electron chi connectivity index (χ3n) is 19.5. The molecule has 0 aliphatic carbocycles. The lowest BCUT2D eigenvalue weighted by atomic mass is 9.78. The fourth-order valence-electron chi connectivity index (χ4n) is 13.2. The van der Waals surface area contributed by atoms with E-state index in [9.17, 15) is 10.2 Å². The number of para-hydroxylation sites is 2. The molecule has 8 aromatic carbocycles. The van der Waals surface area contributed by atoms with Crippen LogP contribution < -0.4 is 0 Å². The Morgan fingerprint density at radius 2 is 0.633 bits per heavy atom. The first kappa shape index (κ1) is 70.2. The van der Waals surface area contributed by atoms with Crippen molar-refractivity contribution in [3.8, 4) is 90.4 Å². The fourth-order valence-corrected chi connectivity index (χ4v) is 13.2. The number of phenolic OH excluding ortho intramolecular Hbond substituents is 2. The summed E-state index contributed by atoms with van der Waals surface area (Å²) in [7, 11) is 0. The van der Waals surface area contributed by atoms with Crippen molar-refractivity contribution >= 4 is 34.2 Å². The van der Waals surface area contributed by atoms with Crippen LogP contribution in [-0.4, -0.2) is 39.3 Å². The molecule has 0 aliphatic heterocycles. The molecule has 8 heteroatoms. The minimum absolute atomic E-state index is 0.157. The highest BCUT2D eigenvalue weighted by Crippen LogP contribution is 2.49. The average molecular weight is 1300 g/mol. The van der Waals surface area contributed by atoms with Gasteiger partial charge in [0.2, 0.25) is 0 Å². The highest BCUT2D eigenvalue weighted by atomic mass is 16.3. The number of phenols is 2. The molecule has 98 heavy (non-hydrogen) atoms. The van der Waals surface area contributed by atoms with Gasteiger partial charge in [0, 0.05) is 44.8 Å². The predicted molar refractivity (Wildman–Crippen MR) is 417 cm³/mol. The second kappa shape index (κ2) is 24.4. The maximum Gasteiger partial charge on any atom is 0.149 e. The largest absolute Gasteiger partial charge is 0.507 e. The Labute approximate surface area is 584 Å². The quantitative estimate of drug-likeness (QED) is 0.141. The Morgan fingerprint density at radius 3 is 0.929 bits per heavy atom. The minimum Gasteiger partial charge on any atom is -0.507 e. The number of rotatable bonds is 10. The van der Waals surface area contributed by atoms with E-state index in [4.69, 9.17) is 19.9 Å². The number of imidazole rings is 2. The van der Waals surface area contributed by atoms with Gasteiger partial charge in [-0.25, -0.2) is 19.9 Å². The second-order valence-corrected chi connectivity index (χ2v) is 35.6. The van der Waals surface area contributed by atoms with Crippen LogP contribution in [0.5, 0.6) is 11.5 Å². The van der Waals surface area contributed by atoms with Gasteiger partial charge in [0.25, 0.3) is 0 Å². The summed E-state index contributed by atoms with van der Waals surface area (Å²) in [5.41, 5.74) is 22.6. The van der Waals surface area contributed by atoms with E-state index in [1.165, 1.54) is 22.3 Å². The molecule has 0 spiro atoms. The SMILES string of the molecule is C=Cc1cc(-c2cc(-c3cc(C=C)cc(-c4cccc5c4nc(-c4cc(C(C)(C)C)cc(C(C)(C)C)c4O)n5-c4cc(C(C)(C)C)cc(C(C)(C)C)c4)c3)ncn2)cc(-c2cccc3c2nc(-c2cc(C(C)(C)C)cc(C(C)(C)C)c2O)n3-c2cc(C(C)(C)C)cc(C(C)(C)C)c2)c1. The molecule has 11 aromatic rings. The summed E-state index contributed by atoms with van der Waals surface area (Å²) in [5.74, 6) is 1.80. The molecule has 0 saturated carbocycles. The van der Waals surface area contributed by atoms with Gasteiger partial charge in [-0.15, -0.1) is 0 Å². The summed E-state index contributed by atoms with van der Waals surface area (Å²) >= 11 is 0. The number of aromatic nitrogens is 6. The van der Waals surface area contributed by atoms with Crippen LogP contribution in [0.25, 0.3) is 113 Å². The summed E-state index contributed by atoms with van der Waals surface area (Å²) in [4.78, 5) is 21.5. The molecule has 2 N–H and O–H groups in total. The monoisotopic (exact) mass is 1300 g/mol. The van der Waals surface area contributed by atoms with Crippen molar-refractivity contribution in [1.29, 1.82) is 0 Å². The summed E-state index contributed by atoms with van der Waals surface area (Å²) in [5, 5.41) is 25.4. The van der Waals surface area contributed by atoms with E-state index in [1.54, 1.807) is 6.33 Å². The lowest BCUT2D eigenvalue weighted by Gasteiger charge is -2.28. The van der Waals surface area contributed by atoms with E-state index in [0.29, 0.717) is 22.8 Å². The van der Waals surface area contributed by atoms with Crippen LogP contribution >= 0.6 is 0 Å². The molecule has 0 bridgehead atoms. The second-order valence-electron chi connectivity index (χ2n) is 35.6. The van der Waals surface area contributed by atoms with Gasteiger partial charge >= 0.3 is 0 Å². The third-order valence-corrected chi connectivity index (χ3v) is 19.5. The van der Waals surface area contributed by atoms with Crippen molar-refractivity contribution in [3.63, 3.8) is 0 Å². The molecule has 0 aliphatic rings. The Kier molecular flexibility index (Phi) is 17.5. The Hall–Kier alpha value is -9.14. The lowest BCUT2D eigenvalue weighted by Crippen LogP contribution is -2.18. The highest BCUT2D eigenvalue weighted by molar-refractivity contribution is 5.99. The van der Waals surface area contributed by atoms with Crippen LogP contribution in [0.1, 0.15) is 222 Å². The molecule has 506 valence electrons. The molecule has 3 aromatic heterocycles. The molecule has 0 atom stereocenters. The van der Waals surface area contributed by atoms with E-state index in [0.717, 1.165) is 112 Å². The number of hydrogen-bond donors (Lipinski definition) is 2. The predicted octanol–water partition coefficient (Wildman–Crippen LogP) is 24.2. The topological polar surface area (TPSA) is 102 Å². The number of fused-ring (bicyclic) bond motifs is 2. The first-order chi connectivity index (χ1) is 45.3. The average Bonchev–Trinajstić information content (AvgIpc) is 1.57. The highest BCUT2D eigenvalue weighted by Gasteiger charge is 2.33. The molecule has 3 heterocycles. The molecular weight excluding hydrogens is 1200 g/mol. The van der Waals surface area contributed by atoms with E-state index in [2.05, 4.69) is 328 Å². The maximum absolute atomic E-state index is 12.7. The lowest BCUT2D eigenvalue weighted by molar-refractivity contribution is 0.445. The van der Waals surface area contributed by atoms with E-state index in [1.807, 2.05) is 12.2 Å². The number of benzene rings is 8. The zero-order chi connectivity index (χ0) is 71.7. The molecule has 8 nitrogen and oxygen atoms in total. The van der Waals surface area contributed by atoms with Gasteiger partial charge in [-0.1, -0.05) is 240 Å². The zero-order valence-corrected chi connectivity index (χ0v) is 63.0. The fraction of sp³-hybridized carbons (Fsp3) is 0.356. The van der Waals surface area contributed by atoms with Crippen LogP contribution in [0.2, 0.25) is 0 Å². The van der Waals surface area contributed by atoms with Crippen molar-refractivity contribution in [3.05, 3.63) is 215 Å².